The van der Waals surface area contributed by atoms with Crippen molar-refractivity contribution < 1.29 is 9.53 Å². The second-order valence-electron chi connectivity index (χ2n) is 4.21. The fourth-order valence-electron chi connectivity index (χ4n) is 1.09. The fraction of sp³-hybridized carbons (Fsp3) is 0.636. The molecule has 0 aromatic carbocycles. The van der Waals surface area contributed by atoms with Gasteiger partial charge >= 0.3 is 6.03 Å². The highest BCUT2D eigenvalue weighted by molar-refractivity contribution is 7.13. The van der Waals surface area contributed by atoms with Gasteiger partial charge in [0.15, 0.2) is 5.13 Å². The average Bonchev–Trinajstić information content (AvgIpc) is 2.65. The highest BCUT2D eigenvalue weighted by Crippen LogP contribution is 2.15. The molecule has 1 atom stereocenters. The first-order valence-electron chi connectivity index (χ1n) is 5.53. The maximum Gasteiger partial charge on any atom is 0.321 e. The van der Waals surface area contributed by atoms with Crippen LogP contribution in [0.25, 0.3) is 0 Å². The van der Waals surface area contributed by atoms with Crippen molar-refractivity contribution in [2.75, 3.05) is 12.4 Å². The Balaban J connectivity index is 2.44. The molecule has 1 aromatic heterocycles. The van der Waals surface area contributed by atoms with Crippen LogP contribution in [0.1, 0.15) is 26.5 Å². The van der Waals surface area contributed by atoms with Crippen molar-refractivity contribution in [1.29, 1.82) is 0 Å². The molecule has 0 aliphatic carbocycles. The molecule has 0 aliphatic heterocycles. The molecule has 1 aromatic rings. The van der Waals surface area contributed by atoms with E-state index in [0.717, 1.165) is 5.69 Å². The number of hydrogen-bond donors (Lipinski definition) is 2. The Morgan fingerprint density at radius 2 is 2.24 bits per heavy atom. The Kier molecular flexibility index (Phi) is 5.37. The number of amides is 2. The summed E-state index contributed by atoms with van der Waals surface area (Å²) in [6.45, 7) is 6.56. The molecular weight excluding hydrogens is 238 g/mol. The first kappa shape index (κ1) is 13.9. The van der Waals surface area contributed by atoms with Crippen LogP contribution in [0, 0.1) is 5.92 Å². The zero-order valence-corrected chi connectivity index (χ0v) is 11.4. The molecule has 0 aliphatic rings. The van der Waals surface area contributed by atoms with Gasteiger partial charge in [-0.2, -0.15) is 0 Å². The van der Waals surface area contributed by atoms with Crippen molar-refractivity contribution in [1.82, 2.24) is 10.3 Å². The van der Waals surface area contributed by atoms with E-state index >= 15 is 0 Å². The molecule has 0 spiro atoms. The van der Waals surface area contributed by atoms with Crippen LogP contribution in [0.3, 0.4) is 0 Å². The van der Waals surface area contributed by atoms with Gasteiger partial charge in [0.2, 0.25) is 0 Å². The van der Waals surface area contributed by atoms with Gasteiger partial charge in [-0.05, 0) is 12.8 Å². The molecular formula is C11H19N3O2S. The molecule has 0 unspecified atom stereocenters. The number of hydrogen-bond acceptors (Lipinski definition) is 4. The molecule has 0 bridgehead atoms. The van der Waals surface area contributed by atoms with Crippen molar-refractivity contribution >= 4 is 22.5 Å². The van der Waals surface area contributed by atoms with Gasteiger partial charge < -0.3 is 10.1 Å². The number of nitrogens with zero attached hydrogens (tertiary/aromatic N) is 1. The minimum Gasteiger partial charge on any atom is -0.378 e. The van der Waals surface area contributed by atoms with Crippen LogP contribution >= 0.6 is 11.3 Å². The van der Waals surface area contributed by atoms with Crippen LogP contribution in [0.2, 0.25) is 0 Å². The second kappa shape index (κ2) is 6.56. The minimum atomic E-state index is -0.218. The quantitative estimate of drug-likeness (QED) is 0.851. The summed E-state index contributed by atoms with van der Waals surface area (Å²) in [7, 11) is 1.61. The second-order valence-corrected chi connectivity index (χ2v) is 5.07. The van der Waals surface area contributed by atoms with Crippen LogP contribution in [0.5, 0.6) is 0 Å². The number of carbonyl (C=O) groups is 1. The third kappa shape index (κ3) is 4.70. The number of methoxy groups -OCH3 is 1. The normalized spacial score (nSPS) is 12.5. The largest absolute Gasteiger partial charge is 0.378 e. The van der Waals surface area contributed by atoms with Crippen molar-refractivity contribution in [3.8, 4) is 0 Å². The fourth-order valence-corrected chi connectivity index (χ4v) is 1.78. The summed E-state index contributed by atoms with van der Waals surface area (Å²) in [4.78, 5) is 15.8. The maximum absolute atomic E-state index is 11.6. The SMILES string of the molecule is COCc1csc(NC(=O)N[C@H](C)C(C)C)n1. The van der Waals surface area contributed by atoms with Crippen molar-refractivity contribution in [3.63, 3.8) is 0 Å². The lowest BCUT2D eigenvalue weighted by Crippen LogP contribution is -2.38. The van der Waals surface area contributed by atoms with Gasteiger partial charge in [-0.3, -0.25) is 5.32 Å². The van der Waals surface area contributed by atoms with Crippen LogP contribution in [-0.2, 0) is 11.3 Å². The van der Waals surface area contributed by atoms with Gasteiger partial charge in [0.25, 0.3) is 0 Å². The highest BCUT2D eigenvalue weighted by Gasteiger charge is 2.11. The molecule has 5 nitrogen and oxygen atoms in total. The number of urea groups is 1. The minimum absolute atomic E-state index is 0.133. The highest BCUT2D eigenvalue weighted by atomic mass is 32.1. The Morgan fingerprint density at radius 1 is 1.53 bits per heavy atom. The lowest BCUT2D eigenvalue weighted by atomic mass is 10.1. The molecule has 0 saturated carbocycles. The predicted octanol–water partition coefficient (Wildman–Crippen LogP) is 2.46. The summed E-state index contributed by atoms with van der Waals surface area (Å²) >= 11 is 1.39. The smallest absolute Gasteiger partial charge is 0.321 e. The molecule has 2 amide bonds. The molecule has 1 rings (SSSR count). The van der Waals surface area contributed by atoms with Crippen molar-refractivity contribution in [2.45, 2.75) is 33.4 Å². The molecule has 6 heteroatoms. The number of nitrogens with one attached hydrogen (secondary N) is 2. The first-order valence-corrected chi connectivity index (χ1v) is 6.41. The molecule has 96 valence electrons. The number of thiazole rings is 1. The van der Waals surface area contributed by atoms with E-state index in [9.17, 15) is 4.79 Å². The lowest BCUT2D eigenvalue weighted by molar-refractivity contribution is 0.182. The Labute approximate surface area is 106 Å². The van der Waals surface area contributed by atoms with Crippen LogP contribution in [-0.4, -0.2) is 24.2 Å². The number of ether oxygens (including phenoxy) is 1. The third-order valence-corrected chi connectivity index (χ3v) is 3.23. The number of anilines is 1. The molecule has 0 fully saturated rings. The van der Waals surface area contributed by atoms with Gasteiger partial charge in [-0.25, -0.2) is 9.78 Å². The summed E-state index contributed by atoms with van der Waals surface area (Å²) in [5.41, 5.74) is 0.824. The summed E-state index contributed by atoms with van der Waals surface area (Å²) in [5, 5.41) is 8.02. The van der Waals surface area contributed by atoms with Crippen molar-refractivity contribution in [2.24, 2.45) is 5.92 Å². The van der Waals surface area contributed by atoms with Crippen molar-refractivity contribution in [3.05, 3.63) is 11.1 Å². The Hall–Kier alpha value is -1.14. The number of rotatable bonds is 5. The topological polar surface area (TPSA) is 63.2 Å². The number of carbonyl (C=O) groups excluding carboxylic acids is 1. The van der Waals surface area contributed by atoms with Gasteiger partial charge in [0.05, 0.1) is 12.3 Å². The summed E-state index contributed by atoms with van der Waals surface area (Å²) < 4.78 is 4.96. The van der Waals surface area contributed by atoms with E-state index in [1.165, 1.54) is 11.3 Å². The van der Waals surface area contributed by atoms with E-state index < -0.39 is 0 Å². The predicted molar refractivity (Wildman–Crippen MR) is 69.3 cm³/mol. The lowest BCUT2D eigenvalue weighted by Gasteiger charge is -2.17. The van der Waals surface area contributed by atoms with Gasteiger partial charge in [0.1, 0.15) is 0 Å². The molecule has 17 heavy (non-hydrogen) atoms. The zero-order chi connectivity index (χ0) is 12.8. The van der Waals surface area contributed by atoms with E-state index in [4.69, 9.17) is 4.74 Å². The molecule has 1 heterocycles. The monoisotopic (exact) mass is 257 g/mol. The van der Waals surface area contributed by atoms with E-state index in [-0.39, 0.29) is 12.1 Å². The van der Waals surface area contributed by atoms with Crippen LogP contribution < -0.4 is 10.6 Å². The Morgan fingerprint density at radius 3 is 2.82 bits per heavy atom. The molecule has 0 radical (unpaired) electrons. The van der Waals surface area contributed by atoms with Gasteiger partial charge in [0, 0.05) is 18.5 Å². The molecule has 0 saturated heterocycles. The summed E-state index contributed by atoms with van der Waals surface area (Å²) in [6.07, 6.45) is 0. The number of aromatic nitrogens is 1. The summed E-state index contributed by atoms with van der Waals surface area (Å²) in [5.74, 6) is 0.404. The van der Waals surface area contributed by atoms with E-state index in [1.807, 2.05) is 12.3 Å². The van der Waals surface area contributed by atoms with E-state index in [0.29, 0.717) is 17.7 Å². The van der Waals surface area contributed by atoms with Crippen LogP contribution in [0.4, 0.5) is 9.93 Å². The van der Waals surface area contributed by atoms with Gasteiger partial charge in [-0.15, -0.1) is 11.3 Å². The third-order valence-electron chi connectivity index (χ3n) is 2.42. The average molecular weight is 257 g/mol. The van der Waals surface area contributed by atoms with E-state index in [1.54, 1.807) is 7.11 Å². The standard InChI is InChI=1S/C11H19N3O2S/c1-7(2)8(3)12-10(15)14-11-13-9(5-16-4)6-17-11/h6-8H,5H2,1-4H3,(H2,12,13,14,15)/t8-/m1/s1. The van der Waals surface area contributed by atoms with E-state index in [2.05, 4.69) is 29.5 Å². The summed E-state index contributed by atoms with van der Waals surface area (Å²) in [6, 6.07) is -0.0853. The molecule has 2 N–H and O–H groups in total. The maximum atomic E-state index is 11.6. The zero-order valence-electron chi connectivity index (χ0n) is 10.6. The van der Waals surface area contributed by atoms with Gasteiger partial charge in [-0.1, -0.05) is 13.8 Å². The van der Waals surface area contributed by atoms with Crippen LogP contribution in [0.15, 0.2) is 5.38 Å². The Bertz CT molecular complexity index is 365. The first-order chi connectivity index (χ1) is 8.02.